The topological polar surface area (TPSA) is 75.7 Å². The summed E-state index contributed by atoms with van der Waals surface area (Å²) >= 11 is 0. The van der Waals surface area contributed by atoms with Gasteiger partial charge in [-0.25, -0.2) is 9.69 Å². The molecule has 0 unspecified atom stereocenters. The van der Waals surface area contributed by atoms with Crippen LogP contribution in [-0.2, 0) is 16.2 Å². The van der Waals surface area contributed by atoms with E-state index in [4.69, 9.17) is 4.74 Å². The van der Waals surface area contributed by atoms with Crippen LogP contribution in [0.4, 0.5) is 10.5 Å². The van der Waals surface area contributed by atoms with Gasteiger partial charge < -0.3 is 4.74 Å². The van der Waals surface area contributed by atoms with Gasteiger partial charge in [-0.05, 0) is 59.5 Å². The largest absolute Gasteiger partial charge is 0.488 e. The second-order valence-corrected chi connectivity index (χ2v) is 8.64. The number of ether oxygens (including phenoxy) is 1. The second-order valence-electron chi connectivity index (χ2n) is 8.64. The van der Waals surface area contributed by atoms with Crippen molar-refractivity contribution in [3.05, 3.63) is 113 Å². The average Bonchev–Trinajstić information content (AvgIpc) is 2.88. The van der Waals surface area contributed by atoms with Gasteiger partial charge in [0.1, 0.15) is 17.9 Å². The van der Waals surface area contributed by atoms with Crippen molar-refractivity contribution < 1.29 is 19.1 Å². The Morgan fingerprint density at radius 1 is 0.833 bits per heavy atom. The normalized spacial score (nSPS) is 14.9. The number of nitrogens with one attached hydrogen (secondary N) is 1. The predicted octanol–water partition coefficient (Wildman–Crippen LogP) is 5.70. The molecule has 1 N–H and O–H groups in total. The fourth-order valence-corrected chi connectivity index (χ4v) is 4.31. The highest BCUT2D eigenvalue weighted by Gasteiger charge is 2.37. The maximum Gasteiger partial charge on any atom is 0.335 e. The zero-order valence-electron chi connectivity index (χ0n) is 19.9. The number of carbonyl (C=O) groups excluding carboxylic acids is 3. The molecule has 1 aliphatic heterocycles. The molecule has 4 amide bonds. The first-order valence-corrected chi connectivity index (χ1v) is 11.6. The van der Waals surface area contributed by atoms with Crippen LogP contribution in [0.15, 0.2) is 90.5 Å². The van der Waals surface area contributed by atoms with Crippen LogP contribution in [0.2, 0.25) is 0 Å². The van der Waals surface area contributed by atoms with Crippen LogP contribution in [-0.4, -0.2) is 17.8 Å². The third kappa shape index (κ3) is 4.25. The van der Waals surface area contributed by atoms with Crippen molar-refractivity contribution in [1.29, 1.82) is 0 Å². The van der Waals surface area contributed by atoms with Crippen molar-refractivity contribution in [2.75, 3.05) is 4.90 Å². The molecular formula is C30H24N2O4. The van der Waals surface area contributed by atoms with E-state index in [0.29, 0.717) is 23.6 Å². The van der Waals surface area contributed by atoms with Crippen LogP contribution in [0.5, 0.6) is 5.75 Å². The monoisotopic (exact) mass is 476 g/mol. The molecular weight excluding hydrogens is 452 g/mol. The van der Waals surface area contributed by atoms with Crippen LogP contribution in [0.3, 0.4) is 0 Å². The number of hydrogen-bond donors (Lipinski definition) is 1. The lowest BCUT2D eigenvalue weighted by Gasteiger charge is -2.28. The number of urea groups is 1. The minimum atomic E-state index is -0.767. The smallest absolute Gasteiger partial charge is 0.335 e. The summed E-state index contributed by atoms with van der Waals surface area (Å²) < 4.78 is 6.14. The lowest BCUT2D eigenvalue weighted by atomic mass is 10.0. The van der Waals surface area contributed by atoms with Gasteiger partial charge in [-0.1, -0.05) is 72.8 Å². The Balaban J connectivity index is 1.47. The molecule has 1 aliphatic rings. The maximum absolute atomic E-state index is 13.4. The third-order valence-corrected chi connectivity index (χ3v) is 6.40. The number of amides is 4. The molecule has 0 spiro atoms. The van der Waals surface area contributed by atoms with Gasteiger partial charge >= 0.3 is 6.03 Å². The van der Waals surface area contributed by atoms with Crippen LogP contribution >= 0.6 is 0 Å². The summed E-state index contributed by atoms with van der Waals surface area (Å²) in [5.41, 5.74) is 3.60. The first kappa shape index (κ1) is 23.1. The van der Waals surface area contributed by atoms with Crippen LogP contribution in [0, 0.1) is 13.8 Å². The molecule has 1 heterocycles. The number of hydrogen-bond acceptors (Lipinski definition) is 4. The minimum absolute atomic E-state index is 0.142. The SMILES string of the molecule is Cc1cccc(N2C(=O)NC(=O)/C(=C\c3ccccc3OCc3cccc4ccccc34)C2=O)c1C. The van der Waals surface area contributed by atoms with E-state index in [-0.39, 0.29) is 5.57 Å². The van der Waals surface area contributed by atoms with E-state index in [1.807, 2.05) is 68.4 Å². The second kappa shape index (κ2) is 9.50. The Labute approximate surface area is 208 Å². The zero-order chi connectivity index (χ0) is 25.2. The first-order valence-electron chi connectivity index (χ1n) is 11.6. The highest BCUT2D eigenvalue weighted by atomic mass is 16.5. The molecule has 6 nitrogen and oxygen atoms in total. The number of anilines is 1. The molecule has 5 rings (SSSR count). The quantitative estimate of drug-likeness (QED) is 0.296. The average molecular weight is 477 g/mol. The third-order valence-electron chi connectivity index (χ3n) is 6.40. The molecule has 6 heteroatoms. The number of barbiturate groups is 1. The molecule has 1 fully saturated rings. The Hall–Kier alpha value is -4.71. The van der Waals surface area contributed by atoms with Crippen molar-refractivity contribution >= 4 is 40.4 Å². The number of nitrogens with zero attached hydrogens (tertiary/aromatic N) is 1. The molecule has 0 radical (unpaired) electrons. The predicted molar refractivity (Wildman–Crippen MR) is 140 cm³/mol. The number of carbonyl (C=O) groups is 3. The highest BCUT2D eigenvalue weighted by Crippen LogP contribution is 2.29. The van der Waals surface area contributed by atoms with E-state index in [9.17, 15) is 14.4 Å². The first-order chi connectivity index (χ1) is 17.4. The summed E-state index contributed by atoms with van der Waals surface area (Å²) in [4.78, 5) is 39.7. The number of para-hydroxylation sites is 1. The minimum Gasteiger partial charge on any atom is -0.488 e. The summed E-state index contributed by atoms with van der Waals surface area (Å²) in [6.45, 7) is 4.05. The van der Waals surface area contributed by atoms with E-state index in [1.165, 1.54) is 6.08 Å². The maximum atomic E-state index is 13.4. The number of imide groups is 2. The van der Waals surface area contributed by atoms with E-state index in [1.54, 1.807) is 30.3 Å². The van der Waals surface area contributed by atoms with Gasteiger partial charge in [0.15, 0.2) is 0 Å². The molecule has 0 atom stereocenters. The van der Waals surface area contributed by atoms with E-state index < -0.39 is 17.8 Å². The van der Waals surface area contributed by atoms with Gasteiger partial charge in [0.2, 0.25) is 0 Å². The number of benzene rings is 4. The van der Waals surface area contributed by atoms with E-state index in [2.05, 4.69) is 5.32 Å². The number of rotatable bonds is 5. The van der Waals surface area contributed by atoms with Gasteiger partial charge in [0, 0.05) is 5.56 Å². The fraction of sp³-hybridized carbons (Fsp3) is 0.100. The molecule has 0 aromatic heterocycles. The summed E-state index contributed by atoms with van der Waals surface area (Å²) in [6, 6.07) is 25.9. The zero-order valence-corrected chi connectivity index (χ0v) is 19.9. The summed E-state index contributed by atoms with van der Waals surface area (Å²) in [5, 5.41) is 4.51. The number of aryl methyl sites for hydroxylation is 1. The van der Waals surface area contributed by atoms with Crippen molar-refractivity contribution in [1.82, 2.24) is 5.32 Å². The Morgan fingerprint density at radius 3 is 2.42 bits per heavy atom. The molecule has 36 heavy (non-hydrogen) atoms. The van der Waals surface area contributed by atoms with Crippen LogP contribution < -0.4 is 15.0 Å². The summed E-state index contributed by atoms with van der Waals surface area (Å²) in [6.07, 6.45) is 1.47. The molecule has 0 bridgehead atoms. The standard InChI is InChI=1S/C30H24N2O4/c1-19-9-7-15-26(20(19)2)32-29(34)25(28(33)31-30(32)35)17-22-11-4-6-16-27(22)36-18-23-13-8-12-21-10-3-5-14-24(21)23/h3-17H,18H2,1-2H3,(H,31,33,35)/b25-17+. The fourth-order valence-electron chi connectivity index (χ4n) is 4.31. The van der Waals surface area contributed by atoms with Gasteiger partial charge in [0.05, 0.1) is 5.69 Å². The van der Waals surface area contributed by atoms with E-state index in [0.717, 1.165) is 32.4 Å². The molecule has 4 aromatic carbocycles. The molecule has 0 saturated carbocycles. The van der Waals surface area contributed by atoms with Crippen molar-refractivity contribution in [2.24, 2.45) is 0 Å². The number of fused-ring (bicyclic) bond motifs is 1. The van der Waals surface area contributed by atoms with Crippen molar-refractivity contribution in [2.45, 2.75) is 20.5 Å². The van der Waals surface area contributed by atoms with Gasteiger partial charge in [-0.3, -0.25) is 14.9 Å². The van der Waals surface area contributed by atoms with Crippen LogP contribution in [0.1, 0.15) is 22.3 Å². The Bertz CT molecular complexity index is 1550. The van der Waals surface area contributed by atoms with Crippen LogP contribution in [0.25, 0.3) is 16.8 Å². The van der Waals surface area contributed by atoms with E-state index >= 15 is 0 Å². The van der Waals surface area contributed by atoms with Gasteiger partial charge in [-0.2, -0.15) is 0 Å². The molecule has 0 aliphatic carbocycles. The Kier molecular flexibility index (Phi) is 6.09. The molecule has 1 saturated heterocycles. The lowest BCUT2D eigenvalue weighted by molar-refractivity contribution is -0.122. The van der Waals surface area contributed by atoms with Crippen molar-refractivity contribution in [3.63, 3.8) is 0 Å². The summed E-state index contributed by atoms with van der Waals surface area (Å²) in [7, 11) is 0. The van der Waals surface area contributed by atoms with Gasteiger partial charge in [-0.15, -0.1) is 0 Å². The van der Waals surface area contributed by atoms with Crippen molar-refractivity contribution in [3.8, 4) is 5.75 Å². The Morgan fingerprint density at radius 2 is 1.56 bits per heavy atom. The molecule has 178 valence electrons. The highest BCUT2D eigenvalue weighted by molar-refractivity contribution is 6.39. The summed E-state index contributed by atoms with van der Waals surface area (Å²) in [5.74, 6) is -0.898. The van der Waals surface area contributed by atoms with Gasteiger partial charge in [0.25, 0.3) is 11.8 Å². The molecule has 4 aromatic rings. The lowest BCUT2D eigenvalue weighted by Crippen LogP contribution is -2.54.